The molecule has 2 heterocycles. The molecule has 0 radical (unpaired) electrons. The van der Waals surface area contributed by atoms with Crippen LogP contribution >= 0.6 is 0 Å². The van der Waals surface area contributed by atoms with Crippen LogP contribution in [0.4, 0.5) is 5.95 Å². The first kappa shape index (κ1) is 13.7. The number of benzene rings is 1. The van der Waals surface area contributed by atoms with Crippen LogP contribution in [0, 0.1) is 6.92 Å². The summed E-state index contributed by atoms with van der Waals surface area (Å²) >= 11 is 0. The second-order valence-electron chi connectivity index (χ2n) is 5.01. The minimum atomic E-state index is 0.586. The molecule has 2 aromatic rings. The lowest BCUT2D eigenvalue weighted by Crippen LogP contribution is -2.15. The summed E-state index contributed by atoms with van der Waals surface area (Å²) in [6.45, 7) is 6.18. The Bertz CT molecular complexity index is 643. The minimum absolute atomic E-state index is 0.586. The van der Waals surface area contributed by atoms with Gasteiger partial charge < -0.3 is 14.8 Å². The Morgan fingerprint density at radius 3 is 2.81 bits per heavy atom. The van der Waals surface area contributed by atoms with Crippen LogP contribution in [0.25, 0.3) is 11.3 Å². The molecule has 0 saturated carbocycles. The summed E-state index contributed by atoms with van der Waals surface area (Å²) in [5, 5.41) is 3.22. The van der Waals surface area contributed by atoms with Crippen molar-refractivity contribution >= 4 is 5.95 Å². The van der Waals surface area contributed by atoms with E-state index in [9.17, 15) is 0 Å². The number of aryl methyl sites for hydroxylation is 1. The van der Waals surface area contributed by atoms with Crippen molar-refractivity contribution in [1.82, 2.24) is 9.97 Å². The van der Waals surface area contributed by atoms with E-state index >= 15 is 0 Å². The van der Waals surface area contributed by atoms with Gasteiger partial charge in [0.25, 0.3) is 0 Å². The lowest BCUT2D eigenvalue weighted by molar-refractivity contribution is 0.171. The van der Waals surface area contributed by atoms with Crippen LogP contribution in [-0.4, -0.2) is 29.7 Å². The van der Waals surface area contributed by atoms with Gasteiger partial charge in [-0.1, -0.05) is 6.92 Å². The SMILES string of the molecule is CCCNc1ncc(C)c(-c2ccc3c(c2)OCCO3)n1. The van der Waals surface area contributed by atoms with Crippen molar-refractivity contribution in [3.63, 3.8) is 0 Å². The molecule has 0 spiro atoms. The lowest BCUT2D eigenvalue weighted by Gasteiger charge is -2.19. The molecule has 0 bridgehead atoms. The van der Waals surface area contributed by atoms with Crippen molar-refractivity contribution in [3.05, 3.63) is 30.0 Å². The van der Waals surface area contributed by atoms with Crippen molar-refractivity contribution < 1.29 is 9.47 Å². The number of aromatic nitrogens is 2. The highest BCUT2D eigenvalue weighted by molar-refractivity contribution is 5.67. The van der Waals surface area contributed by atoms with E-state index in [-0.39, 0.29) is 0 Å². The third-order valence-corrected chi connectivity index (χ3v) is 3.32. The first-order chi connectivity index (χ1) is 10.3. The Balaban J connectivity index is 1.95. The highest BCUT2D eigenvalue weighted by Gasteiger charge is 2.14. The van der Waals surface area contributed by atoms with Crippen LogP contribution in [0.3, 0.4) is 0 Å². The van der Waals surface area contributed by atoms with E-state index in [2.05, 4.69) is 22.2 Å². The van der Waals surface area contributed by atoms with Crippen LogP contribution in [0.5, 0.6) is 11.5 Å². The first-order valence-electron chi connectivity index (χ1n) is 7.25. The van der Waals surface area contributed by atoms with Gasteiger partial charge in [0.2, 0.25) is 5.95 Å². The van der Waals surface area contributed by atoms with Crippen molar-refractivity contribution in [1.29, 1.82) is 0 Å². The first-order valence-corrected chi connectivity index (χ1v) is 7.25. The minimum Gasteiger partial charge on any atom is -0.486 e. The van der Waals surface area contributed by atoms with E-state index in [0.29, 0.717) is 19.2 Å². The van der Waals surface area contributed by atoms with Gasteiger partial charge in [0, 0.05) is 18.3 Å². The normalized spacial score (nSPS) is 13.0. The number of ether oxygens (including phenoxy) is 2. The van der Waals surface area contributed by atoms with Gasteiger partial charge in [-0.2, -0.15) is 0 Å². The molecule has 0 atom stereocenters. The lowest BCUT2D eigenvalue weighted by atomic mass is 10.1. The van der Waals surface area contributed by atoms with Crippen molar-refractivity contribution in [2.75, 3.05) is 25.1 Å². The predicted molar refractivity (Wildman–Crippen MR) is 82.0 cm³/mol. The standard InChI is InChI=1S/C16H19N3O2/c1-3-6-17-16-18-10-11(2)15(19-16)12-4-5-13-14(9-12)21-8-7-20-13/h4-5,9-10H,3,6-8H2,1-2H3,(H,17,18,19). The summed E-state index contributed by atoms with van der Waals surface area (Å²) in [5.74, 6) is 2.23. The third-order valence-electron chi connectivity index (χ3n) is 3.32. The Kier molecular flexibility index (Phi) is 3.90. The zero-order valence-electron chi connectivity index (χ0n) is 12.3. The quantitative estimate of drug-likeness (QED) is 0.935. The van der Waals surface area contributed by atoms with Gasteiger partial charge in [-0.15, -0.1) is 0 Å². The molecule has 110 valence electrons. The number of rotatable bonds is 4. The van der Waals surface area contributed by atoms with Gasteiger partial charge in [0.05, 0.1) is 5.69 Å². The second-order valence-corrected chi connectivity index (χ2v) is 5.01. The highest BCUT2D eigenvalue weighted by atomic mass is 16.6. The fraction of sp³-hybridized carbons (Fsp3) is 0.375. The molecule has 0 amide bonds. The van der Waals surface area contributed by atoms with Crippen LogP contribution in [0.15, 0.2) is 24.4 Å². The average molecular weight is 285 g/mol. The van der Waals surface area contributed by atoms with Crippen LogP contribution < -0.4 is 14.8 Å². The number of hydrogen-bond acceptors (Lipinski definition) is 5. The number of nitrogens with zero attached hydrogens (tertiary/aromatic N) is 2. The van der Waals surface area contributed by atoms with Gasteiger partial charge in [0.15, 0.2) is 11.5 Å². The summed E-state index contributed by atoms with van der Waals surface area (Å²) < 4.78 is 11.2. The molecular weight excluding hydrogens is 266 g/mol. The maximum atomic E-state index is 5.64. The molecule has 5 heteroatoms. The molecule has 1 aliphatic heterocycles. The zero-order valence-corrected chi connectivity index (χ0v) is 12.3. The summed E-state index contributed by atoms with van der Waals surface area (Å²) in [5.41, 5.74) is 2.97. The smallest absolute Gasteiger partial charge is 0.223 e. The maximum Gasteiger partial charge on any atom is 0.223 e. The van der Waals surface area contributed by atoms with Crippen LogP contribution in [0.2, 0.25) is 0 Å². The van der Waals surface area contributed by atoms with E-state index < -0.39 is 0 Å². The van der Waals surface area contributed by atoms with E-state index in [0.717, 1.165) is 41.3 Å². The molecule has 5 nitrogen and oxygen atoms in total. The van der Waals surface area contributed by atoms with Gasteiger partial charge >= 0.3 is 0 Å². The van der Waals surface area contributed by atoms with Gasteiger partial charge in [-0.3, -0.25) is 0 Å². The van der Waals surface area contributed by atoms with Crippen molar-refractivity contribution in [2.24, 2.45) is 0 Å². The van der Waals surface area contributed by atoms with Gasteiger partial charge in [0.1, 0.15) is 13.2 Å². The molecule has 0 unspecified atom stereocenters. The molecule has 1 aliphatic rings. The molecule has 0 aliphatic carbocycles. The number of hydrogen-bond donors (Lipinski definition) is 1. The number of nitrogens with one attached hydrogen (secondary N) is 1. The fourth-order valence-electron chi connectivity index (χ4n) is 2.25. The predicted octanol–water partition coefficient (Wildman–Crippen LogP) is 3.05. The number of anilines is 1. The monoisotopic (exact) mass is 285 g/mol. The summed E-state index contributed by atoms with van der Waals surface area (Å²) in [6, 6.07) is 5.92. The Hall–Kier alpha value is -2.30. The van der Waals surface area contributed by atoms with E-state index in [1.165, 1.54) is 0 Å². The molecule has 21 heavy (non-hydrogen) atoms. The molecule has 0 fully saturated rings. The molecule has 0 saturated heterocycles. The molecule has 1 aromatic carbocycles. The largest absolute Gasteiger partial charge is 0.486 e. The number of fused-ring (bicyclic) bond motifs is 1. The highest BCUT2D eigenvalue weighted by Crippen LogP contribution is 2.34. The van der Waals surface area contributed by atoms with E-state index in [1.54, 1.807) is 0 Å². The average Bonchev–Trinajstić information content (AvgIpc) is 2.53. The van der Waals surface area contributed by atoms with Crippen LogP contribution in [0.1, 0.15) is 18.9 Å². The maximum absolute atomic E-state index is 5.64. The van der Waals surface area contributed by atoms with Crippen molar-refractivity contribution in [2.45, 2.75) is 20.3 Å². The molecule has 3 rings (SSSR count). The summed E-state index contributed by atoms with van der Waals surface area (Å²) in [4.78, 5) is 8.92. The van der Waals surface area contributed by atoms with Gasteiger partial charge in [-0.05, 0) is 37.1 Å². The molecular formula is C16H19N3O2. The van der Waals surface area contributed by atoms with E-state index in [1.807, 2.05) is 31.3 Å². The van der Waals surface area contributed by atoms with Crippen LogP contribution in [-0.2, 0) is 0 Å². The Morgan fingerprint density at radius 1 is 1.19 bits per heavy atom. The Labute approximate surface area is 124 Å². The summed E-state index contributed by atoms with van der Waals surface area (Å²) in [6.07, 6.45) is 2.88. The fourth-order valence-corrected chi connectivity index (χ4v) is 2.25. The van der Waals surface area contributed by atoms with Gasteiger partial charge in [-0.25, -0.2) is 9.97 Å². The zero-order chi connectivity index (χ0) is 14.7. The molecule has 1 aromatic heterocycles. The third kappa shape index (κ3) is 2.91. The van der Waals surface area contributed by atoms with Crippen molar-refractivity contribution in [3.8, 4) is 22.8 Å². The molecule has 1 N–H and O–H groups in total. The van der Waals surface area contributed by atoms with E-state index in [4.69, 9.17) is 9.47 Å². The summed E-state index contributed by atoms with van der Waals surface area (Å²) in [7, 11) is 0. The second kappa shape index (κ2) is 5.99. The Morgan fingerprint density at radius 2 is 2.00 bits per heavy atom. The topological polar surface area (TPSA) is 56.3 Å².